The average molecular weight is 184 g/mol. The minimum Gasteiger partial charge on any atom is -0.379 e. The number of hydrogen-bond acceptors (Lipinski definition) is 3. The fraction of sp³-hybridized carbons (Fsp3) is 0.900. The molecule has 1 unspecified atom stereocenters. The van der Waals surface area contributed by atoms with E-state index in [1.165, 1.54) is 12.8 Å². The molecule has 0 spiro atoms. The average Bonchev–Trinajstić information content (AvgIpc) is 2.16. The maximum Gasteiger partial charge on any atom is 0.119 e. The first-order valence-electron chi connectivity index (χ1n) is 5.05. The molecule has 0 heterocycles. The van der Waals surface area contributed by atoms with Gasteiger partial charge in [-0.2, -0.15) is 5.26 Å². The minimum atomic E-state index is -0.147. The van der Waals surface area contributed by atoms with Crippen molar-refractivity contribution in [3.63, 3.8) is 0 Å². The van der Waals surface area contributed by atoms with Gasteiger partial charge in [-0.1, -0.05) is 26.7 Å². The second-order valence-electron chi connectivity index (χ2n) is 3.02. The van der Waals surface area contributed by atoms with Gasteiger partial charge in [0.2, 0.25) is 0 Å². The van der Waals surface area contributed by atoms with Gasteiger partial charge in [0.05, 0.1) is 12.7 Å². The molecule has 0 radical (unpaired) electrons. The zero-order valence-corrected chi connectivity index (χ0v) is 8.68. The van der Waals surface area contributed by atoms with E-state index in [4.69, 9.17) is 10.00 Å². The third-order valence-corrected chi connectivity index (χ3v) is 1.78. The van der Waals surface area contributed by atoms with Crippen LogP contribution in [0.5, 0.6) is 0 Å². The second kappa shape index (κ2) is 9.50. The largest absolute Gasteiger partial charge is 0.379 e. The molecule has 3 nitrogen and oxygen atoms in total. The van der Waals surface area contributed by atoms with Crippen molar-refractivity contribution in [2.45, 2.75) is 39.2 Å². The van der Waals surface area contributed by atoms with Crippen LogP contribution in [0.25, 0.3) is 0 Å². The number of rotatable bonds is 8. The number of hydrogen-bond donors (Lipinski definition) is 1. The molecule has 0 fully saturated rings. The van der Waals surface area contributed by atoms with Gasteiger partial charge >= 0.3 is 0 Å². The SMILES string of the molecule is CCCCCOCC(C#N)NCC. The van der Waals surface area contributed by atoms with Crippen LogP contribution in [-0.4, -0.2) is 25.8 Å². The molecule has 0 aromatic heterocycles. The quantitative estimate of drug-likeness (QED) is 0.584. The monoisotopic (exact) mass is 184 g/mol. The Hall–Kier alpha value is -0.590. The standard InChI is InChI=1S/C10H20N2O/c1-3-5-6-7-13-9-10(8-11)12-4-2/h10,12H,3-7,9H2,1-2H3. The van der Waals surface area contributed by atoms with E-state index >= 15 is 0 Å². The minimum absolute atomic E-state index is 0.147. The molecule has 0 aromatic carbocycles. The molecule has 0 aliphatic heterocycles. The van der Waals surface area contributed by atoms with Crippen molar-refractivity contribution in [3.05, 3.63) is 0 Å². The molecule has 0 aromatic rings. The molecule has 0 aliphatic rings. The van der Waals surface area contributed by atoms with Gasteiger partial charge in [-0.3, -0.25) is 0 Å². The van der Waals surface area contributed by atoms with Crippen LogP contribution in [0.4, 0.5) is 0 Å². The summed E-state index contributed by atoms with van der Waals surface area (Å²) in [5.41, 5.74) is 0. The molecule has 0 saturated heterocycles. The van der Waals surface area contributed by atoms with Crippen LogP contribution in [0.1, 0.15) is 33.1 Å². The molecule has 1 N–H and O–H groups in total. The van der Waals surface area contributed by atoms with E-state index < -0.39 is 0 Å². The topological polar surface area (TPSA) is 45.0 Å². The highest BCUT2D eigenvalue weighted by molar-refractivity contribution is 4.88. The van der Waals surface area contributed by atoms with Crippen LogP contribution in [0, 0.1) is 11.3 Å². The molecule has 3 heteroatoms. The molecular weight excluding hydrogens is 164 g/mol. The van der Waals surface area contributed by atoms with Crippen molar-refractivity contribution in [3.8, 4) is 6.07 Å². The van der Waals surface area contributed by atoms with Crippen LogP contribution in [-0.2, 0) is 4.74 Å². The Morgan fingerprint density at radius 3 is 2.69 bits per heavy atom. The number of nitrogens with one attached hydrogen (secondary N) is 1. The lowest BCUT2D eigenvalue weighted by Crippen LogP contribution is -2.31. The molecule has 0 bridgehead atoms. The summed E-state index contributed by atoms with van der Waals surface area (Å²) in [5.74, 6) is 0. The highest BCUT2D eigenvalue weighted by Gasteiger charge is 2.03. The summed E-state index contributed by atoms with van der Waals surface area (Å²) in [4.78, 5) is 0. The predicted molar refractivity (Wildman–Crippen MR) is 53.4 cm³/mol. The number of ether oxygens (including phenoxy) is 1. The van der Waals surface area contributed by atoms with Gasteiger partial charge in [-0.05, 0) is 13.0 Å². The van der Waals surface area contributed by atoms with E-state index in [1.54, 1.807) is 0 Å². The van der Waals surface area contributed by atoms with Gasteiger partial charge in [-0.25, -0.2) is 0 Å². The first kappa shape index (κ1) is 12.4. The van der Waals surface area contributed by atoms with Crippen molar-refractivity contribution in [2.75, 3.05) is 19.8 Å². The Bertz CT molecular complexity index is 142. The van der Waals surface area contributed by atoms with Gasteiger partial charge < -0.3 is 10.1 Å². The molecule has 0 rings (SSSR count). The zero-order valence-electron chi connectivity index (χ0n) is 8.68. The molecule has 13 heavy (non-hydrogen) atoms. The third kappa shape index (κ3) is 7.76. The van der Waals surface area contributed by atoms with E-state index in [2.05, 4.69) is 18.3 Å². The van der Waals surface area contributed by atoms with Crippen molar-refractivity contribution in [1.29, 1.82) is 5.26 Å². The Kier molecular flexibility index (Phi) is 9.07. The normalized spacial score (nSPS) is 12.4. The molecule has 0 saturated carbocycles. The Morgan fingerprint density at radius 2 is 2.15 bits per heavy atom. The zero-order chi connectivity index (χ0) is 9.94. The van der Waals surface area contributed by atoms with Gasteiger partial charge in [0.25, 0.3) is 0 Å². The summed E-state index contributed by atoms with van der Waals surface area (Å²) in [6.45, 7) is 6.25. The third-order valence-electron chi connectivity index (χ3n) is 1.78. The lowest BCUT2D eigenvalue weighted by molar-refractivity contribution is 0.120. The number of nitriles is 1. The molecule has 0 amide bonds. The van der Waals surface area contributed by atoms with Gasteiger partial charge in [0.15, 0.2) is 0 Å². The van der Waals surface area contributed by atoms with Gasteiger partial charge in [-0.15, -0.1) is 0 Å². The highest BCUT2D eigenvalue weighted by atomic mass is 16.5. The van der Waals surface area contributed by atoms with Crippen LogP contribution in [0.15, 0.2) is 0 Å². The van der Waals surface area contributed by atoms with E-state index in [1.807, 2.05) is 6.92 Å². The van der Waals surface area contributed by atoms with E-state index in [0.717, 1.165) is 19.6 Å². The van der Waals surface area contributed by atoms with Crippen molar-refractivity contribution in [2.24, 2.45) is 0 Å². The number of likely N-dealkylation sites (N-methyl/N-ethyl adjacent to an activating group) is 1. The van der Waals surface area contributed by atoms with E-state index in [9.17, 15) is 0 Å². The predicted octanol–water partition coefficient (Wildman–Crippen LogP) is 1.69. The summed E-state index contributed by atoms with van der Waals surface area (Å²) < 4.78 is 5.36. The lowest BCUT2D eigenvalue weighted by Gasteiger charge is -2.09. The molecule has 76 valence electrons. The second-order valence-corrected chi connectivity index (χ2v) is 3.02. The smallest absolute Gasteiger partial charge is 0.119 e. The first-order valence-corrected chi connectivity index (χ1v) is 5.05. The Labute approximate surface area is 81.1 Å². The summed E-state index contributed by atoms with van der Waals surface area (Å²) in [7, 11) is 0. The van der Waals surface area contributed by atoms with Gasteiger partial charge in [0.1, 0.15) is 6.04 Å². The summed E-state index contributed by atoms with van der Waals surface area (Å²) in [6, 6.07) is 2.01. The van der Waals surface area contributed by atoms with Crippen LogP contribution < -0.4 is 5.32 Å². The molecule has 0 aliphatic carbocycles. The number of nitrogens with zero attached hydrogens (tertiary/aromatic N) is 1. The van der Waals surface area contributed by atoms with E-state index in [0.29, 0.717) is 6.61 Å². The molecule has 1 atom stereocenters. The van der Waals surface area contributed by atoms with Crippen LogP contribution >= 0.6 is 0 Å². The summed E-state index contributed by atoms with van der Waals surface area (Å²) in [5, 5.41) is 11.7. The highest BCUT2D eigenvalue weighted by Crippen LogP contribution is 1.94. The van der Waals surface area contributed by atoms with Crippen molar-refractivity contribution in [1.82, 2.24) is 5.32 Å². The number of unbranched alkanes of at least 4 members (excludes halogenated alkanes) is 2. The Morgan fingerprint density at radius 1 is 1.38 bits per heavy atom. The summed E-state index contributed by atoms with van der Waals surface area (Å²) in [6.07, 6.45) is 3.51. The lowest BCUT2D eigenvalue weighted by atomic mass is 10.3. The van der Waals surface area contributed by atoms with Crippen LogP contribution in [0.3, 0.4) is 0 Å². The molecular formula is C10H20N2O. The van der Waals surface area contributed by atoms with Crippen molar-refractivity contribution < 1.29 is 4.74 Å². The fourth-order valence-electron chi connectivity index (χ4n) is 1.04. The van der Waals surface area contributed by atoms with Crippen molar-refractivity contribution >= 4 is 0 Å². The van der Waals surface area contributed by atoms with Gasteiger partial charge in [0, 0.05) is 6.61 Å². The maximum atomic E-state index is 8.67. The fourth-order valence-corrected chi connectivity index (χ4v) is 1.04. The maximum absolute atomic E-state index is 8.67. The van der Waals surface area contributed by atoms with Crippen LogP contribution in [0.2, 0.25) is 0 Å². The first-order chi connectivity index (χ1) is 6.35. The Balaban J connectivity index is 3.24. The van der Waals surface area contributed by atoms with E-state index in [-0.39, 0.29) is 6.04 Å². The summed E-state index contributed by atoms with van der Waals surface area (Å²) >= 11 is 0.